The standard InChI is InChI=1S/C15H28N4/c1-3-9-19-10-4-5-15(7-11-19)16-8-6-14-12-17-18(2)13-14/h12-13,15-16H,3-11H2,1-2H3. The zero-order valence-electron chi connectivity index (χ0n) is 12.4. The van der Waals surface area contributed by atoms with Crippen molar-refractivity contribution in [3.63, 3.8) is 0 Å². The van der Waals surface area contributed by atoms with Gasteiger partial charge in [-0.1, -0.05) is 6.92 Å². The first-order valence-corrected chi connectivity index (χ1v) is 7.71. The van der Waals surface area contributed by atoms with Crippen molar-refractivity contribution in [3.05, 3.63) is 18.0 Å². The van der Waals surface area contributed by atoms with Crippen LogP contribution in [0, 0.1) is 0 Å². The van der Waals surface area contributed by atoms with E-state index in [9.17, 15) is 0 Å². The maximum atomic E-state index is 4.21. The molecule has 0 aromatic carbocycles. The highest BCUT2D eigenvalue weighted by molar-refractivity contribution is 5.03. The second-order valence-corrected chi connectivity index (χ2v) is 5.70. The summed E-state index contributed by atoms with van der Waals surface area (Å²) in [5.41, 5.74) is 1.33. The second-order valence-electron chi connectivity index (χ2n) is 5.70. The van der Waals surface area contributed by atoms with Gasteiger partial charge in [-0.3, -0.25) is 4.68 Å². The third-order valence-electron chi connectivity index (χ3n) is 3.97. The van der Waals surface area contributed by atoms with Crippen LogP contribution in [-0.4, -0.2) is 46.9 Å². The van der Waals surface area contributed by atoms with E-state index < -0.39 is 0 Å². The molecule has 2 rings (SSSR count). The minimum atomic E-state index is 0.707. The number of nitrogens with zero attached hydrogens (tertiary/aromatic N) is 3. The van der Waals surface area contributed by atoms with E-state index in [4.69, 9.17) is 0 Å². The predicted octanol–water partition coefficient (Wildman–Crippen LogP) is 1.82. The number of likely N-dealkylation sites (tertiary alicyclic amines) is 1. The quantitative estimate of drug-likeness (QED) is 0.851. The number of hydrogen-bond acceptors (Lipinski definition) is 3. The normalized spacial score (nSPS) is 21.5. The van der Waals surface area contributed by atoms with Crippen LogP contribution in [0.3, 0.4) is 0 Å². The van der Waals surface area contributed by atoms with E-state index >= 15 is 0 Å². The van der Waals surface area contributed by atoms with E-state index in [1.165, 1.54) is 50.9 Å². The predicted molar refractivity (Wildman–Crippen MR) is 79.3 cm³/mol. The van der Waals surface area contributed by atoms with Crippen LogP contribution in [0.4, 0.5) is 0 Å². The highest BCUT2D eigenvalue weighted by Crippen LogP contribution is 2.11. The maximum Gasteiger partial charge on any atom is 0.0522 e. The van der Waals surface area contributed by atoms with Gasteiger partial charge in [-0.15, -0.1) is 0 Å². The van der Waals surface area contributed by atoms with Crippen LogP contribution in [-0.2, 0) is 13.5 Å². The molecule has 0 bridgehead atoms. The van der Waals surface area contributed by atoms with Crippen LogP contribution in [0.5, 0.6) is 0 Å². The Morgan fingerprint density at radius 1 is 1.37 bits per heavy atom. The topological polar surface area (TPSA) is 33.1 Å². The minimum Gasteiger partial charge on any atom is -0.314 e. The Morgan fingerprint density at radius 2 is 2.26 bits per heavy atom. The zero-order chi connectivity index (χ0) is 13.5. The molecule has 1 N–H and O–H groups in total. The van der Waals surface area contributed by atoms with Crippen LogP contribution in [0.2, 0.25) is 0 Å². The molecule has 1 aromatic rings. The summed E-state index contributed by atoms with van der Waals surface area (Å²) in [7, 11) is 1.98. The number of nitrogens with one attached hydrogen (secondary N) is 1. The number of hydrogen-bond donors (Lipinski definition) is 1. The molecule has 2 heterocycles. The number of aromatic nitrogens is 2. The van der Waals surface area contributed by atoms with E-state index in [-0.39, 0.29) is 0 Å². The van der Waals surface area contributed by atoms with Crippen molar-refractivity contribution >= 4 is 0 Å². The fraction of sp³-hybridized carbons (Fsp3) is 0.800. The third kappa shape index (κ3) is 4.96. The molecule has 108 valence electrons. The van der Waals surface area contributed by atoms with Crippen molar-refractivity contribution in [1.82, 2.24) is 20.0 Å². The molecule has 1 aromatic heterocycles. The van der Waals surface area contributed by atoms with Gasteiger partial charge in [0, 0.05) is 19.3 Å². The highest BCUT2D eigenvalue weighted by atomic mass is 15.2. The Bertz CT molecular complexity index is 361. The van der Waals surface area contributed by atoms with Crippen molar-refractivity contribution in [2.75, 3.05) is 26.2 Å². The molecule has 4 nitrogen and oxygen atoms in total. The molecular formula is C15H28N4. The van der Waals surface area contributed by atoms with Gasteiger partial charge >= 0.3 is 0 Å². The molecule has 0 aliphatic carbocycles. The summed E-state index contributed by atoms with van der Waals surface area (Å²) >= 11 is 0. The molecule has 0 amide bonds. The van der Waals surface area contributed by atoms with Gasteiger partial charge in [0.25, 0.3) is 0 Å². The lowest BCUT2D eigenvalue weighted by molar-refractivity contribution is 0.283. The van der Waals surface area contributed by atoms with Crippen LogP contribution in [0.25, 0.3) is 0 Å². The lowest BCUT2D eigenvalue weighted by Gasteiger charge is -2.19. The van der Waals surface area contributed by atoms with Crippen molar-refractivity contribution in [1.29, 1.82) is 0 Å². The SMILES string of the molecule is CCCN1CCCC(NCCc2cnn(C)c2)CC1. The van der Waals surface area contributed by atoms with Crippen molar-refractivity contribution < 1.29 is 0 Å². The lowest BCUT2D eigenvalue weighted by atomic mass is 10.1. The Morgan fingerprint density at radius 3 is 3.00 bits per heavy atom. The Balaban J connectivity index is 1.65. The first-order chi connectivity index (χ1) is 9.28. The summed E-state index contributed by atoms with van der Waals surface area (Å²) in [6, 6.07) is 0.707. The monoisotopic (exact) mass is 264 g/mol. The summed E-state index contributed by atoms with van der Waals surface area (Å²) in [5, 5.41) is 7.93. The molecule has 1 unspecified atom stereocenters. The van der Waals surface area contributed by atoms with Gasteiger partial charge in [-0.05, 0) is 63.8 Å². The molecule has 1 aliphatic rings. The molecule has 1 aliphatic heterocycles. The number of rotatable bonds is 6. The van der Waals surface area contributed by atoms with E-state index in [2.05, 4.69) is 28.4 Å². The minimum absolute atomic E-state index is 0.707. The van der Waals surface area contributed by atoms with Gasteiger partial charge in [-0.25, -0.2) is 0 Å². The molecule has 4 heteroatoms. The summed E-state index contributed by atoms with van der Waals surface area (Å²) < 4.78 is 1.88. The highest BCUT2D eigenvalue weighted by Gasteiger charge is 2.15. The Hall–Kier alpha value is -0.870. The van der Waals surface area contributed by atoms with Gasteiger partial charge in [0.2, 0.25) is 0 Å². The van der Waals surface area contributed by atoms with Gasteiger partial charge in [0.15, 0.2) is 0 Å². The Kier molecular flexibility index (Phi) is 5.86. The van der Waals surface area contributed by atoms with Gasteiger partial charge < -0.3 is 10.2 Å². The van der Waals surface area contributed by atoms with E-state index in [0.717, 1.165) is 13.0 Å². The largest absolute Gasteiger partial charge is 0.314 e. The van der Waals surface area contributed by atoms with Crippen molar-refractivity contribution in [3.8, 4) is 0 Å². The molecule has 0 saturated carbocycles. The molecular weight excluding hydrogens is 236 g/mol. The molecule has 1 atom stereocenters. The van der Waals surface area contributed by atoms with E-state index in [1.807, 2.05) is 17.9 Å². The first-order valence-electron chi connectivity index (χ1n) is 7.71. The Labute approximate surface area is 117 Å². The summed E-state index contributed by atoms with van der Waals surface area (Å²) in [4.78, 5) is 2.61. The van der Waals surface area contributed by atoms with E-state index in [1.54, 1.807) is 0 Å². The first kappa shape index (κ1) is 14.5. The average molecular weight is 264 g/mol. The van der Waals surface area contributed by atoms with Gasteiger partial charge in [0.05, 0.1) is 6.20 Å². The van der Waals surface area contributed by atoms with Crippen LogP contribution >= 0.6 is 0 Å². The van der Waals surface area contributed by atoms with Gasteiger partial charge in [-0.2, -0.15) is 5.10 Å². The summed E-state index contributed by atoms with van der Waals surface area (Å²) in [5.74, 6) is 0. The average Bonchev–Trinajstić information content (AvgIpc) is 2.67. The maximum absolute atomic E-state index is 4.21. The third-order valence-corrected chi connectivity index (χ3v) is 3.97. The zero-order valence-corrected chi connectivity index (χ0v) is 12.4. The molecule has 1 fully saturated rings. The van der Waals surface area contributed by atoms with Gasteiger partial charge in [0.1, 0.15) is 0 Å². The van der Waals surface area contributed by atoms with Crippen molar-refractivity contribution in [2.24, 2.45) is 7.05 Å². The fourth-order valence-corrected chi connectivity index (χ4v) is 2.92. The fourth-order valence-electron chi connectivity index (χ4n) is 2.92. The van der Waals surface area contributed by atoms with Crippen LogP contribution in [0.15, 0.2) is 12.4 Å². The smallest absolute Gasteiger partial charge is 0.0522 e. The summed E-state index contributed by atoms with van der Waals surface area (Å²) in [6.07, 6.45) is 10.4. The molecule has 0 spiro atoms. The van der Waals surface area contributed by atoms with E-state index in [0.29, 0.717) is 6.04 Å². The summed E-state index contributed by atoms with van der Waals surface area (Å²) in [6.45, 7) is 7.16. The molecule has 0 radical (unpaired) electrons. The van der Waals surface area contributed by atoms with Crippen molar-refractivity contribution in [2.45, 2.75) is 45.1 Å². The number of aryl methyl sites for hydroxylation is 1. The van der Waals surface area contributed by atoms with Crippen LogP contribution in [0.1, 0.15) is 38.2 Å². The lowest BCUT2D eigenvalue weighted by Crippen LogP contribution is -2.32. The van der Waals surface area contributed by atoms with Crippen LogP contribution < -0.4 is 5.32 Å². The molecule has 19 heavy (non-hydrogen) atoms. The second kappa shape index (κ2) is 7.65. The molecule has 1 saturated heterocycles.